The molecule has 3 amide bonds. The van der Waals surface area contributed by atoms with Crippen LogP contribution < -0.4 is 20.9 Å². The lowest BCUT2D eigenvalue weighted by molar-refractivity contribution is -0.111. The molecule has 5 rings (SSSR count). The molecule has 1 aromatic carbocycles. The summed E-state index contributed by atoms with van der Waals surface area (Å²) in [5.74, 6) is 0.615. The van der Waals surface area contributed by atoms with Gasteiger partial charge in [0.05, 0.1) is 29.9 Å². The molecule has 0 bridgehead atoms. The standard InChI is InChI=1S/C29H33N7O3/c1-18-12-25(28(38)33-21-5-7-27(31-17-21)36-10-8-23(37)9-11-36)24-14-19(4-6-26(24)32-18)20-13-22(16-30-15-20)34-29(39)35(2)3/h4-7,12-18,23,32,37H,8-11H2,1-3H3,(H,33,38)(H,34,39). The lowest BCUT2D eigenvalue weighted by Gasteiger charge is -2.30. The number of aliphatic hydroxyl groups is 1. The van der Waals surface area contributed by atoms with Crippen LogP contribution in [0, 0.1) is 0 Å². The highest BCUT2D eigenvalue weighted by atomic mass is 16.3. The minimum absolute atomic E-state index is 0.0229. The molecule has 4 heterocycles. The molecule has 4 N–H and O–H groups in total. The molecule has 2 aliphatic heterocycles. The summed E-state index contributed by atoms with van der Waals surface area (Å²) in [6, 6.07) is 11.2. The van der Waals surface area contributed by atoms with Crippen LogP contribution in [0.3, 0.4) is 0 Å². The number of rotatable bonds is 5. The Morgan fingerprint density at radius 3 is 2.51 bits per heavy atom. The van der Waals surface area contributed by atoms with E-state index in [-0.39, 0.29) is 24.1 Å². The first kappa shape index (κ1) is 26.2. The third-order valence-corrected chi connectivity index (χ3v) is 6.88. The molecule has 2 aliphatic rings. The number of nitrogens with one attached hydrogen (secondary N) is 3. The summed E-state index contributed by atoms with van der Waals surface area (Å²) in [6.45, 7) is 3.52. The smallest absolute Gasteiger partial charge is 0.321 e. The molecule has 202 valence electrons. The topological polar surface area (TPSA) is 123 Å². The van der Waals surface area contributed by atoms with Gasteiger partial charge in [0.25, 0.3) is 5.91 Å². The van der Waals surface area contributed by atoms with Gasteiger partial charge >= 0.3 is 6.03 Å². The average Bonchev–Trinajstić information content (AvgIpc) is 2.93. The van der Waals surface area contributed by atoms with E-state index in [1.165, 1.54) is 4.90 Å². The molecule has 1 atom stereocenters. The van der Waals surface area contributed by atoms with Gasteiger partial charge in [-0.25, -0.2) is 9.78 Å². The van der Waals surface area contributed by atoms with Crippen molar-refractivity contribution in [1.29, 1.82) is 0 Å². The number of piperidine rings is 1. The summed E-state index contributed by atoms with van der Waals surface area (Å²) in [5.41, 5.74) is 5.09. The summed E-state index contributed by atoms with van der Waals surface area (Å²) in [6.07, 6.45) is 8.12. The van der Waals surface area contributed by atoms with Gasteiger partial charge in [-0.2, -0.15) is 0 Å². The van der Waals surface area contributed by atoms with Crippen LogP contribution in [0.5, 0.6) is 0 Å². The fourth-order valence-corrected chi connectivity index (χ4v) is 4.74. The van der Waals surface area contributed by atoms with Crippen LogP contribution in [-0.4, -0.2) is 71.2 Å². The molecule has 2 aromatic heterocycles. The van der Waals surface area contributed by atoms with Gasteiger partial charge in [-0.3, -0.25) is 9.78 Å². The Morgan fingerprint density at radius 2 is 1.79 bits per heavy atom. The van der Waals surface area contributed by atoms with Crippen molar-refractivity contribution >= 4 is 40.4 Å². The van der Waals surface area contributed by atoms with E-state index in [0.717, 1.165) is 54.1 Å². The first-order valence-corrected chi connectivity index (χ1v) is 13.0. The third kappa shape index (κ3) is 6.01. The molecule has 0 aliphatic carbocycles. The number of nitrogens with zero attached hydrogens (tertiary/aromatic N) is 4. The van der Waals surface area contributed by atoms with Crippen LogP contribution in [0.15, 0.2) is 61.1 Å². The minimum Gasteiger partial charge on any atom is -0.393 e. The maximum atomic E-state index is 13.4. The van der Waals surface area contributed by atoms with Gasteiger partial charge in [0, 0.05) is 61.8 Å². The van der Waals surface area contributed by atoms with E-state index in [1.54, 1.807) is 32.7 Å². The Kier molecular flexibility index (Phi) is 7.47. The van der Waals surface area contributed by atoms with Crippen molar-refractivity contribution in [2.75, 3.05) is 48.0 Å². The molecule has 3 aromatic rings. The fourth-order valence-electron chi connectivity index (χ4n) is 4.74. The van der Waals surface area contributed by atoms with Crippen molar-refractivity contribution in [3.05, 3.63) is 66.6 Å². The van der Waals surface area contributed by atoms with E-state index in [9.17, 15) is 14.7 Å². The lowest BCUT2D eigenvalue weighted by Crippen LogP contribution is -2.36. The van der Waals surface area contributed by atoms with E-state index >= 15 is 0 Å². The van der Waals surface area contributed by atoms with Crippen molar-refractivity contribution in [2.45, 2.75) is 31.9 Å². The molecular weight excluding hydrogens is 494 g/mol. The van der Waals surface area contributed by atoms with Crippen molar-refractivity contribution in [3.63, 3.8) is 0 Å². The SMILES string of the molecule is CC1C=C(C(=O)Nc2ccc(N3CCC(O)CC3)nc2)c2cc(-c3cncc(NC(=O)N(C)C)c3)ccc2N1. The Hall–Kier alpha value is -4.44. The third-order valence-electron chi connectivity index (χ3n) is 6.88. The maximum absolute atomic E-state index is 13.4. The highest BCUT2D eigenvalue weighted by Gasteiger charge is 2.23. The number of urea groups is 1. The molecule has 1 fully saturated rings. The number of carbonyl (C=O) groups excluding carboxylic acids is 2. The van der Waals surface area contributed by atoms with Crippen molar-refractivity contribution in [2.24, 2.45) is 0 Å². The van der Waals surface area contributed by atoms with Crippen LogP contribution in [-0.2, 0) is 4.79 Å². The van der Waals surface area contributed by atoms with E-state index in [4.69, 9.17) is 0 Å². The Balaban J connectivity index is 1.35. The molecule has 0 radical (unpaired) electrons. The second-order valence-corrected chi connectivity index (χ2v) is 10.1. The quantitative estimate of drug-likeness (QED) is 0.395. The number of aromatic nitrogens is 2. The van der Waals surface area contributed by atoms with Gasteiger partial charge in [0.1, 0.15) is 5.82 Å². The zero-order valence-corrected chi connectivity index (χ0v) is 22.3. The number of anilines is 4. The second kappa shape index (κ2) is 11.1. The van der Waals surface area contributed by atoms with Gasteiger partial charge in [-0.15, -0.1) is 0 Å². The summed E-state index contributed by atoms with van der Waals surface area (Å²) < 4.78 is 0. The Bertz CT molecular complexity index is 1400. The maximum Gasteiger partial charge on any atom is 0.321 e. The summed E-state index contributed by atoms with van der Waals surface area (Å²) in [4.78, 5) is 37.9. The van der Waals surface area contributed by atoms with Crippen LogP contribution in [0.4, 0.5) is 27.7 Å². The van der Waals surface area contributed by atoms with E-state index in [0.29, 0.717) is 16.9 Å². The molecular formula is C29H33N7O3. The predicted molar refractivity (Wildman–Crippen MR) is 154 cm³/mol. The number of hydrogen-bond donors (Lipinski definition) is 4. The number of hydrogen-bond acceptors (Lipinski definition) is 7. The lowest BCUT2D eigenvalue weighted by atomic mass is 9.93. The first-order chi connectivity index (χ1) is 18.8. The fraction of sp³-hybridized carbons (Fsp3) is 0.310. The molecule has 0 spiro atoms. The van der Waals surface area contributed by atoms with Crippen LogP contribution in [0.1, 0.15) is 25.3 Å². The van der Waals surface area contributed by atoms with E-state index in [1.807, 2.05) is 49.4 Å². The van der Waals surface area contributed by atoms with Gasteiger partial charge in [-0.05, 0) is 61.7 Å². The van der Waals surface area contributed by atoms with Crippen LogP contribution in [0.25, 0.3) is 16.7 Å². The highest BCUT2D eigenvalue weighted by molar-refractivity contribution is 6.27. The number of carbonyl (C=O) groups is 2. The van der Waals surface area contributed by atoms with E-state index in [2.05, 4.69) is 30.8 Å². The molecule has 39 heavy (non-hydrogen) atoms. The Morgan fingerprint density at radius 1 is 1.00 bits per heavy atom. The zero-order valence-electron chi connectivity index (χ0n) is 22.3. The summed E-state index contributed by atoms with van der Waals surface area (Å²) in [5, 5.41) is 19.0. The minimum atomic E-state index is -0.243. The molecule has 1 saturated heterocycles. The van der Waals surface area contributed by atoms with Gasteiger partial charge in [0.2, 0.25) is 0 Å². The number of fused-ring (bicyclic) bond motifs is 1. The Labute approximate surface area is 227 Å². The van der Waals surface area contributed by atoms with Gasteiger partial charge in [-0.1, -0.05) is 6.07 Å². The van der Waals surface area contributed by atoms with Crippen molar-refractivity contribution in [3.8, 4) is 11.1 Å². The number of benzene rings is 1. The summed E-state index contributed by atoms with van der Waals surface area (Å²) in [7, 11) is 3.35. The molecule has 10 nitrogen and oxygen atoms in total. The summed E-state index contributed by atoms with van der Waals surface area (Å²) >= 11 is 0. The highest BCUT2D eigenvalue weighted by Crippen LogP contribution is 2.35. The second-order valence-electron chi connectivity index (χ2n) is 10.1. The predicted octanol–water partition coefficient (Wildman–Crippen LogP) is 4.03. The van der Waals surface area contributed by atoms with E-state index < -0.39 is 0 Å². The van der Waals surface area contributed by atoms with Gasteiger partial charge in [0.15, 0.2) is 0 Å². The molecule has 10 heteroatoms. The van der Waals surface area contributed by atoms with Crippen LogP contribution in [0.2, 0.25) is 0 Å². The zero-order chi connectivity index (χ0) is 27.5. The molecule has 1 unspecified atom stereocenters. The van der Waals surface area contributed by atoms with Crippen LogP contribution >= 0.6 is 0 Å². The first-order valence-electron chi connectivity index (χ1n) is 13.0. The van der Waals surface area contributed by atoms with Crippen molar-refractivity contribution < 1.29 is 14.7 Å². The average molecular weight is 528 g/mol. The van der Waals surface area contributed by atoms with Crippen molar-refractivity contribution in [1.82, 2.24) is 14.9 Å². The number of pyridine rings is 2. The number of amides is 3. The largest absolute Gasteiger partial charge is 0.393 e. The van der Waals surface area contributed by atoms with Gasteiger partial charge < -0.3 is 30.9 Å². The normalized spacial score (nSPS) is 17.0. The molecule has 0 saturated carbocycles. The number of aliphatic hydroxyl groups excluding tert-OH is 1. The monoisotopic (exact) mass is 527 g/mol.